The Morgan fingerprint density at radius 3 is 2.71 bits per heavy atom. The number of hydrogen-bond donors (Lipinski definition) is 1. The molecule has 28 heavy (non-hydrogen) atoms. The lowest BCUT2D eigenvalue weighted by Crippen LogP contribution is -2.26. The van der Waals surface area contributed by atoms with Crippen LogP contribution >= 0.6 is 11.3 Å². The average Bonchev–Trinajstić information content (AvgIpc) is 3.38. The van der Waals surface area contributed by atoms with Crippen molar-refractivity contribution >= 4 is 28.9 Å². The van der Waals surface area contributed by atoms with Crippen molar-refractivity contribution in [2.75, 3.05) is 6.54 Å². The fourth-order valence-electron chi connectivity index (χ4n) is 2.26. The Hall–Kier alpha value is -3.53. The van der Waals surface area contributed by atoms with Gasteiger partial charge >= 0.3 is 5.97 Å². The van der Waals surface area contributed by atoms with Crippen LogP contribution in [0.4, 0.5) is 5.69 Å². The van der Waals surface area contributed by atoms with Gasteiger partial charge in [0, 0.05) is 30.3 Å². The fourth-order valence-corrected chi connectivity index (χ4v) is 2.93. The van der Waals surface area contributed by atoms with Crippen molar-refractivity contribution in [3.63, 3.8) is 0 Å². The second-order valence-electron chi connectivity index (χ2n) is 5.63. The van der Waals surface area contributed by atoms with Gasteiger partial charge in [0.15, 0.2) is 5.76 Å². The number of nitro benzene ring substituents is 1. The van der Waals surface area contributed by atoms with Gasteiger partial charge in [0.25, 0.3) is 11.6 Å². The van der Waals surface area contributed by atoms with E-state index in [1.54, 1.807) is 6.07 Å². The number of non-ortho nitro benzene ring substituents is 1. The zero-order valence-electron chi connectivity index (χ0n) is 14.5. The Balaban J connectivity index is 1.39. The number of hydrogen-bond acceptors (Lipinski definition) is 8. The summed E-state index contributed by atoms with van der Waals surface area (Å²) in [5.41, 5.74) is 0.657. The van der Waals surface area contributed by atoms with Crippen LogP contribution in [0.1, 0.15) is 22.5 Å². The summed E-state index contributed by atoms with van der Waals surface area (Å²) in [5, 5.41) is 18.9. The second-order valence-corrected chi connectivity index (χ2v) is 6.58. The molecular weight excluding hydrogens is 386 g/mol. The van der Waals surface area contributed by atoms with Gasteiger partial charge in [-0.2, -0.15) is 0 Å². The van der Waals surface area contributed by atoms with Gasteiger partial charge in [-0.05, 0) is 23.6 Å². The first-order valence-electron chi connectivity index (χ1n) is 8.20. The first kappa shape index (κ1) is 19.2. The molecular formula is C18H15N3O6S. The molecule has 0 unspecified atom stereocenters. The summed E-state index contributed by atoms with van der Waals surface area (Å²) in [6.07, 6.45) is -0.0195. The molecule has 0 atom stereocenters. The Labute approximate surface area is 163 Å². The lowest BCUT2D eigenvalue weighted by atomic mass is 10.2. The molecule has 0 spiro atoms. The quantitative estimate of drug-likeness (QED) is 0.349. The van der Waals surface area contributed by atoms with Gasteiger partial charge in [0.1, 0.15) is 12.3 Å². The lowest BCUT2D eigenvalue weighted by Gasteiger charge is -2.05. The van der Waals surface area contributed by atoms with E-state index in [0.717, 1.165) is 4.88 Å². The van der Waals surface area contributed by atoms with Gasteiger partial charge in [-0.25, -0.2) is 0 Å². The maximum Gasteiger partial charge on any atom is 0.307 e. The summed E-state index contributed by atoms with van der Waals surface area (Å²) in [7, 11) is 0. The first-order chi connectivity index (χ1) is 13.5. The largest absolute Gasteiger partial charge is 0.459 e. The normalized spacial score (nSPS) is 10.4. The van der Waals surface area contributed by atoms with E-state index in [1.165, 1.54) is 35.6 Å². The van der Waals surface area contributed by atoms with Gasteiger partial charge in [-0.15, -0.1) is 11.3 Å². The molecule has 3 rings (SSSR count). The van der Waals surface area contributed by atoms with Crippen molar-refractivity contribution in [1.29, 1.82) is 0 Å². The number of nitrogens with zero attached hydrogens (tertiary/aromatic N) is 2. The highest BCUT2D eigenvalue weighted by Crippen LogP contribution is 2.25. The molecule has 2 heterocycles. The molecule has 0 aliphatic carbocycles. The topological polar surface area (TPSA) is 125 Å². The third-order valence-electron chi connectivity index (χ3n) is 3.66. The summed E-state index contributed by atoms with van der Waals surface area (Å²) in [4.78, 5) is 34.7. The maximum atomic E-state index is 11.9. The van der Waals surface area contributed by atoms with Crippen LogP contribution in [0, 0.1) is 10.1 Å². The van der Waals surface area contributed by atoms with E-state index in [1.807, 2.05) is 17.5 Å². The van der Waals surface area contributed by atoms with E-state index in [2.05, 4.69) is 10.5 Å². The molecule has 0 radical (unpaired) electrons. The van der Waals surface area contributed by atoms with Gasteiger partial charge < -0.3 is 14.6 Å². The van der Waals surface area contributed by atoms with Crippen molar-refractivity contribution < 1.29 is 23.8 Å². The van der Waals surface area contributed by atoms with Crippen LogP contribution < -0.4 is 5.32 Å². The molecule has 1 amide bonds. The third kappa shape index (κ3) is 5.01. The van der Waals surface area contributed by atoms with Crippen LogP contribution in [0.25, 0.3) is 10.6 Å². The highest BCUT2D eigenvalue weighted by atomic mass is 32.1. The van der Waals surface area contributed by atoms with Gasteiger partial charge in [-0.1, -0.05) is 11.2 Å². The van der Waals surface area contributed by atoms with E-state index < -0.39 is 16.8 Å². The molecule has 0 saturated carbocycles. The minimum Gasteiger partial charge on any atom is -0.459 e. The van der Waals surface area contributed by atoms with Crippen LogP contribution in [0.3, 0.4) is 0 Å². The summed E-state index contributed by atoms with van der Waals surface area (Å²) < 4.78 is 10.3. The van der Waals surface area contributed by atoms with Crippen LogP contribution in [-0.2, 0) is 16.1 Å². The van der Waals surface area contributed by atoms with E-state index in [9.17, 15) is 19.7 Å². The molecule has 2 aromatic heterocycles. The molecule has 10 heteroatoms. The Kier molecular flexibility index (Phi) is 6.12. The summed E-state index contributed by atoms with van der Waals surface area (Å²) in [5.74, 6) is -0.319. The number of rotatable bonds is 8. The van der Waals surface area contributed by atoms with Crippen molar-refractivity contribution in [3.05, 3.63) is 69.2 Å². The molecule has 1 N–H and O–H groups in total. The smallest absolute Gasteiger partial charge is 0.307 e. The van der Waals surface area contributed by atoms with Crippen molar-refractivity contribution in [2.45, 2.75) is 13.0 Å². The molecule has 0 fully saturated rings. The van der Waals surface area contributed by atoms with E-state index >= 15 is 0 Å². The van der Waals surface area contributed by atoms with E-state index in [4.69, 9.17) is 9.26 Å². The molecule has 9 nitrogen and oxygen atoms in total. The molecule has 1 aromatic carbocycles. The molecule has 0 aliphatic heterocycles. The van der Waals surface area contributed by atoms with Crippen LogP contribution in [0.2, 0.25) is 0 Å². The van der Waals surface area contributed by atoms with Gasteiger partial charge in [0.2, 0.25) is 0 Å². The average molecular weight is 401 g/mol. The molecule has 0 bridgehead atoms. The number of thiophene rings is 1. The molecule has 0 saturated heterocycles. The predicted octanol–water partition coefficient (Wildman–Crippen LogP) is 3.17. The fraction of sp³-hybridized carbons (Fsp3) is 0.167. The number of carbonyl (C=O) groups is 2. The zero-order chi connectivity index (χ0) is 19.9. The zero-order valence-corrected chi connectivity index (χ0v) is 15.3. The van der Waals surface area contributed by atoms with Crippen molar-refractivity contribution in [2.24, 2.45) is 0 Å². The van der Waals surface area contributed by atoms with Crippen molar-refractivity contribution in [1.82, 2.24) is 10.5 Å². The summed E-state index contributed by atoms with van der Waals surface area (Å²) in [6.45, 7) is 0.0535. The highest BCUT2D eigenvalue weighted by molar-refractivity contribution is 7.13. The number of carbonyl (C=O) groups excluding carboxylic acids is 2. The lowest BCUT2D eigenvalue weighted by molar-refractivity contribution is -0.384. The van der Waals surface area contributed by atoms with Crippen molar-refractivity contribution in [3.8, 4) is 10.6 Å². The van der Waals surface area contributed by atoms with E-state index in [-0.39, 0.29) is 30.8 Å². The minimum atomic E-state index is -0.546. The number of benzene rings is 1. The third-order valence-corrected chi connectivity index (χ3v) is 4.54. The first-order valence-corrected chi connectivity index (χ1v) is 9.08. The monoisotopic (exact) mass is 401 g/mol. The van der Waals surface area contributed by atoms with Gasteiger partial charge in [0.05, 0.1) is 16.2 Å². The number of aromatic nitrogens is 1. The SMILES string of the molecule is O=C(CCNC(=O)c1ccc([N+](=O)[O-])cc1)OCc1cc(-c2cccs2)on1. The molecule has 3 aromatic rings. The maximum absolute atomic E-state index is 11.9. The molecule has 0 aliphatic rings. The van der Waals surface area contributed by atoms with Gasteiger partial charge in [-0.3, -0.25) is 19.7 Å². The summed E-state index contributed by atoms with van der Waals surface area (Å²) in [6, 6.07) is 10.7. The second kappa shape index (κ2) is 8.91. The Morgan fingerprint density at radius 2 is 2.04 bits per heavy atom. The Bertz CT molecular complexity index is 966. The Morgan fingerprint density at radius 1 is 1.25 bits per heavy atom. The summed E-state index contributed by atoms with van der Waals surface area (Å²) >= 11 is 1.51. The van der Waals surface area contributed by atoms with Crippen LogP contribution in [-0.4, -0.2) is 28.5 Å². The number of esters is 1. The van der Waals surface area contributed by atoms with Crippen LogP contribution in [0.5, 0.6) is 0 Å². The number of nitrogens with one attached hydrogen (secondary N) is 1. The standard InChI is InChI=1S/C18H15N3O6S/c22-17(26-11-13-10-15(27-20-13)16-2-1-9-28-16)7-8-19-18(23)12-3-5-14(6-4-12)21(24)25/h1-6,9-10H,7-8,11H2,(H,19,23). The molecule has 144 valence electrons. The van der Waals surface area contributed by atoms with E-state index in [0.29, 0.717) is 11.5 Å². The van der Waals surface area contributed by atoms with Crippen LogP contribution in [0.15, 0.2) is 52.4 Å². The minimum absolute atomic E-state index is 0.0195. The highest BCUT2D eigenvalue weighted by Gasteiger charge is 2.12. The number of nitro groups is 1. The predicted molar refractivity (Wildman–Crippen MR) is 99.7 cm³/mol. The number of ether oxygens (including phenoxy) is 1. The number of amides is 1.